The monoisotopic (exact) mass is 490 g/mol. The normalized spacial score (nSPS) is 14.2. The largest absolute Gasteiger partial charge is 0.0654 e. The van der Waals surface area contributed by atoms with Crippen LogP contribution in [0.2, 0.25) is 0 Å². The van der Waals surface area contributed by atoms with E-state index in [0.717, 1.165) is 0 Å². The summed E-state index contributed by atoms with van der Waals surface area (Å²) in [6, 6.07) is 13.7. The number of hydrogen-bond donors (Lipinski definition) is 0. The summed E-state index contributed by atoms with van der Waals surface area (Å²) in [4.78, 5) is 0. The molecule has 0 saturated carbocycles. The summed E-state index contributed by atoms with van der Waals surface area (Å²) in [6.07, 6.45) is 13.1. The second-order valence-electron chi connectivity index (χ2n) is 8.06. The highest BCUT2D eigenvalue weighted by Gasteiger charge is 2.43. The first-order chi connectivity index (χ1) is 13.1. The fourth-order valence-corrected chi connectivity index (χ4v) is 5.98. The Hall–Kier alpha value is -0.600. The van der Waals surface area contributed by atoms with Crippen LogP contribution in [0.15, 0.2) is 45.3 Å². The van der Waals surface area contributed by atoms with Crippen molar-refractivity contribution in [3.05, 3.63) is 56.5 Å². The lowest BCUT2D eigenvalue weighted by atomic mass is 9.70. The van der Waals surface area contributed by atoms with E-state index < -0.39 is 0 Å². The number of benzene rings is 2. The quantitative estimate of drug-likeness (QED) is 0.290. The molecule has 1 aliphatic rings. The maximum Gasteiger partial charge on any atom is 0.0226 e. The van der Waals surface area contributed by atoms with E-state index in [0.29, 0.717) is 0 Å². The second-order valence-corrected chi connectivity index (χ2v) is 9.83. The van der Waals surface area contributed by atoms with Gasteiger partial charge in [0, 0.05) is 14.4 Å². The van der Waals surface area contributed by atoms with E-state index in [-0.39, 0.29) is 5.41 Å². The lowest BCUT2D eigenvalue weighted by molar-refractivity contribution is 0.399. The van der Waals surface area contributed by atoms with Gasteiger partial charge in [-0.15, -0.1) is 0 Å². The molecule has 0 atom stereocenters. The minimum atomic E-state index is 0.163. The molecule has 3 rings (SSSR count). The van der Waals surface area contributed by atoms with Crippen molar-refractivity contribution < 1.29 is 0 Å². The Balaban J connectivity index is 2.05. The third-order valence-corrected chi connectivity index (χ3v) is 7.35. The van der Waals surface area contributed by atoms with E-state index in [4.69, 9.17) is 0 Å². The van der Waals surface area contributed by atoms with Crippen molar-refractivity contribution in [2.24, 2.45) is 0 Å². The van der Waals surface area contributed by atoms with Crippen molar-refractivity contribution >= 4 is 31.9 Å². The topological polar surface area (TPSA) is 0 Å². The van der Waals surface area contributed by atoms with Crippen molar-refractivity contribution in [2.45, 2.75) is 83.5 Å². The summed E-state index contributed by atoms with van der Waals surface area (Å²) in [6.45, 7) is 4.60. The van der Waals surface area contributed by atoms with Crippen molar-refractivity contribution in [3.63, 3.8) is 0 Å². The molecular formula is C25H32Br2. The van der Waals surface area contributed by atoms with Crippen LogP contribution in [0, 0.1) is 0 Å². The molecule has 2 aromatic rings. The lowest BCUT2D eigenvalue weighted by Crippen LogP contribution is -2.26. The zero-order chi connectivity index (χ0) is 19.3. The van der Waals surface area contributed by atoms with Gasteiger partial charge in [-0.1, -0.05) is 115 Å². The molecule has 0 amide bonds. The molecule has 2 heteroatoms. The molecule has 0 heterocycles. The molecule has 0 spiro atoms. The van der Waals surface area contributed by atoms with Crippen LogP contribution in [0.25, 0.3) is 11.1 Å². The first kappa shape index (κ1) is 21.1. The lowest BCUT2D eigenvalue weighted by Gasteiger charge is -2.33. The van der Waals surface area contributed by atoms with Crippen LogP contribution < -0.4 is 0 Å². The van der Waals surface area contributed by atoms with Crippen molar-refractivity contribution in [2.75, 3.05) is 0 Å². The molecule has 0 bridgehead atoms. The molecule has 0 N–H and O–H groups in total. The molecule has 2 aromatic carbocycles. The van der Waals surface area contributed by atoms with Gasteiger partial charge in [-0.25, -0.2) is 0 Å². The first-order valence-corrected chi connectivity index (χ1v) is 12.3. The number of fused-ring (bicyclic) bond motifs is 3. The van der Waals surface area contributed by atoms with Gasteiger partial charge in [-0.05, 0) is 53.3 Å². The predicted molar refractivity (Wildman–Crippen MR) is 126 cm³/mol. The molecule has 146 valence electrons. The van der Waals surface area contributed by atoms with Gasteiger partial charge in [0.25, 0.3) is 0 Å². The van der Waals surface area contributed by atoms with Crippen LogP contribution in [-0.4, -0.2) is 0 Å². The molecule has 0 fully saturated rings. The van der Waals surface area contributed by atoms with Crippen LogP contribution in [0.1, 0.15) is 89.2 Å². The number of unbranched alkanes of at least 4 members (excludes halogenated alkanes) is 6. The summed E-state index contributed by atoms with van der Waals surface area (Å²) >= 11 is 7.69. The Morgan fingerprint density at radius 1 is 0.741 bits per heavy atom. The van der Waals surface area contributed by atoms with Gasteiger partial charge < -0.3 is 0 Å². The fraction of sp³-hybridized carbons (Fsp3) is 0.520. The molecule has 0 unspecified atom stereocenters. The Bertz CT molecular complexity index is 751. The highest BCUT2D eigenvalue weighted by molar-refractivity contribution is 9.10. The summed E-state index contributed by atoms with van der Waals surface area (Å²) in [5.74, 6) is 0. The van der Waals surface area contributed by atoms with Gasteiger partial charge >= 0.3 is 0 Å². The molecule has 0 nitrogen and oxygen atoms in total. The second kappa shape index (κ2) is 9.74. The molecule has 27 heavy (non-hydrogen) atoms. The minimum Gasteiger partial charge on any atom is -0.0654 e. The van der Waals surface area contributed by atoms with E-state index in [1.54, 1.807) is 11.1 Å². The van der Waals surface area contributed by atoms with E-state index in [1.165, 1.54) is 84.3 Å². The summed E-state index contributed by atoms with van der Waals surface area (Å²) in [7, 11) is 0. The Morgan fingerprint density at radius 3 is 2.04 bits per heavy atom. The molecular weight excluding hydrogens is 460 g/mol. The minimum absolute atomic E-state index is 0.163. The Kier molecular flexibility index (Phi) is 7.62. The van der Waals surface area contributed by atoms with Gasteiger partial charge in [0.05, 0.1) is 0 Å². The smallest absolute Gasteiger partial charge is 0.0226 e. The third kappa shape index (κ3) is 4.37. The van der Waals surface area contributed by atoms with Crippen molar-refractivity contribution in [3.8, 4) is 11.1 Å². The maximum atomic E-state index is 3.93. The van der Waals surface area contributed by atoms with Gasteiger partial charge in [-0.3, -0.25) is 0 Å². The van der Waals surface area contributed by atoms with E-state index >= 15 is 0 Å². The Labute approximate surface area is 182 Å². The van der Waals surface area contributed by atoms with Crippen molar-refractivity contribution in [1.82, 2.24) is 0 Å². The van der Waals surface area contributed by atoms with Gasteiger partial charge in [0.1, 0.15) is 0 Å². The van der Waals surface area contributed by atoms with E-state index in [9.17, 15) is 0 Å². The average molecular weight is 492 g/mol. The standard InChI is InChI=1S/C25H32Br2/c1-3-5-7-9-16-25(17-10-8-6-4-2)22-18-19(26)14-15-20(22)21-12-11-13-23(27)24(21)25/h11-15,18H,3-10,16-17H2,1-2H3. The number of halogens is 2. The maximum absolute atomic E-state index is 3.93. The summed E-state index contributed by atoms with van der Waals surface area (Å²) < 4.78 is 2.50. The molecule has 0 radical (unpaired) electrons. The highest BCUT2D eigenvalue weighted by atomic mass is 79.9. The number of hydrogen-bond acceptors (Lipinski definition) is 0. The van der Waals surface area contributed by atoms with E-state index in [1.807, 2.05) is 0 Å². The number of rotatable bonds is 10. The zero-order valence-electron chi connectivity index (χ0n) is 16.8. The van der Waals surface area contributed by atoms with Crippen LogP contribution in [0.4, 0.5) is 0 Å². The SMILES string of the molecule is CCCCCCC1(CCCCCC)c2cc(Br)ccc2-c2cccc(Br)c21. The van der Waals surface area contributed by atoms with Crippen LogP contribution in [0.3, 0.4) is 0 Å². The molecule has 1 aliphatic carbocycles. The summed E-state index contributed by atoms with van der Waals surface area (Å²) in [5, 5.41) is 0. The van der Waals surface area contributed by atoms with Gasteiger partial charge in [0.2, 0.25) is 0 Å². The van der Waals surface area contributed by atoms with Gasteiger partial charge in [0.15, 0.2) is 0 Å². The summed E-state index contributed by atoms with van der Waals surface area (Å²) in [5.41, 5.74) is 6.15. The molecule has 0 saturated heterocycles. The molecule has 0 aromatic heterocycles. The fourth-order valence-electron chi connectivity index (χ4n) is 4.87. The van der Waals surface area contributed by atoms with Crippen molar-refractivity contribution in [1.29, 1.82) is 0 Å². The highest BCUT2D eigenvalue weighted by Crippen LogP contribution is 2.56. The van der Waals surface area contributed by atoms with E-state index in [2.05, 4.69) is 82.1 Å². The third-order valence-electron chi connectivity index (χ3n) is 6.19. The van der Waals surface area contributed by atoms with Crippen LogP contribution in [-0.2, 0) is 5.41 Å². The zero-order valence-corrected chi connectivity index (χ0v) is 20.0. The van der Waals surface area contributed by atoms with Gasteiger partial charge in [-0.2, -0.15) is 0 Å². The van der Waals surface area contributed by atoms with Crippen LogP contribution in [0.5, 0.6) is 0 Å². The average Bonchev–Trinajstić information content (AvgIpc) is 2.93. The molecule has 0 aliphatic heterocycles. The van der Waals surface area contributed by atoms with Crippen LogP contribution >= 0.6 is 31.9 Å². The predicted octanol–water partition coefficient (Wildman–Crippen LogP) is 9.42. The Morgan fingerprint density at radius 2 is 1.41 bits per heavy atom. The first-order valence-electron chi connectivity index (χ1n) is 10.7.